The van der Waals surface area contributed by atoms with E-state index < -0.39 is 5.91 Å². The maximum atomic E-state index is 12.7. The van der Waals surface area contributed by atoms with Gasteiger partial charge in [0, 0.05) is 39.3 Å². The molecule has 3 aromatic carbocycles. The first-order valence-electron chi connectivity index (χ1n) is 11.3. The summed E-state index contributed by atoms with van der Waals surface area (Å²) in [5, 5.41) is 14.6. The van der Waals surface area contributed by atoms with Gasteiger partial charge in [0.1, 0.15) is 18.2 Å². The van der Waals surface area contributed by atoms with E-state index >= 15 is 0 Å². The Morgan fingerprint density at radius 1 is 1.16 bits per heavy atom. The van der Waals surface area contributed by atoms with Crippen LogP contribution >= 0.6 is 45.8 Å². The first-order chi connectivity index (χ1) is 17.9. The lowest BCUT2D eigenvalue weighted by atomic mass is 10.1. The third-order valence-corrected chi connectivity index (χ3v) is 7.06. The fourth-order valence-corrected chi connectivity index (χ4v) is 5.06. The van der Waals surface area contributed by atoms with Crippen molar-refractivity contribution in [3.63, 3.8) is 0 Å². The Bertz CT molecular complexity index is 1530. The number of fused-ring (bicyclic) bond motifs is 1. The van der Waals surface area contributed by atoms with Crippen LogP contribution in [0.3, 0.4) is 0 Å². The number of aromatic amines is 1. The lowest BCUT2D eigenvalue weighted by molar-refractivity contribution is -0.117. The van der Waals surface area contributed by atoms with Crippen LogP contribution in [0.5, 0.6) is 11.5 Å². The number of ether oxygens (including phenoxy) is 2. The van der Waals surface area contributed by atoms with Crippen LogP contribution in [-0.4, -0.2) is 24.5 Å². The van der Waals surface area contributed by atoms with Gasteiger partial charge in [-0.2, -0.15) is 5.26 Å². The number of carbonyl (C=O) groups is 1. The highest BCUT2D eigenvalue weighted by molar-refractivity contribution is 14.1. The summed E-state index contributed by atoms with van der Waals surface area (Å²) in [6.45, 7) is 0.625. The first-order valence-corrected chi connectivity index (χ1v) is 13.1. The van der Waals surface area contributed by atoms with Crippen LogP contribution in [0, 0.1) is 14.9 Å². The number of aromatic nitrogens is 1. The van der Waals surface area contributed by atoms with E-state index in [-0.39, 0.29) is 12.2 Å². The van der Waals surface area contributed by atoms with Crippen LogP contribution in [-0.2, 0) is 17.8 Å². The SMILES string of the molecule is COc1cc(/C=C(/C#N)C(=O)NCCc2c[nH]c3ccccc23)cc(I)c1OCc1ccc(Cl)cc1Cl. The average Bonchev–Trinajstić information content (AvgIpc) is 3.30. The maximum absolute atomic E-state index is 12.7. The van der Waals surface area contributed by atoms with E-state index in [2.05, 4.69) is 32.9 Å². The minimum atomic E-state index is -0.436. The minimum Gasteiger partial charge on any atom is -0.493 e. The van der Waals surface area contributed by atoms with Crippen LogP contribution in [0.1, 0.15) is 16.7 Å². The molecule has 0 fully saturated rings. The van der Waals surface area contributed by atoms with Crippen molar-refractivity contribution >= 4 is 68.7 Å². The quantitative estimate of drug-likeness (QED) is 0.117. The van der Waals surface area contributed by atoms with Crippen LogP contribution in [0.25, 0.3) is 17.0 Å². The van der Waals surface area contributed by atoms with Crippen molar-refractivity contribution in [3.8, 4) is 17.6 Å². The van der Waals surface area contributed by atoms with Crippen molar-refractivity contribution in [3.05, 3.63) is 96.7 Å². The lowest BCUT2D eigenvalue weighted by Crippen LogP contribution is -2.26. The number of rotatable bonds is 9. The van der Waals surface area contributed by atoms with E-state index in [1.54, 1.807) is 24.3 Å². The summed E-state index contributed by atoms with van der Waals surface area (Å²) in [6.07, 6.45) is 4.12. The zero-order valence-corrected chi connectivity index (χ0v) is 23.4. The summed E-state index contributed by atoms with van der Waals surface area (Å²) in [6, 6.07) is 18.7. The van der Waals surface area contributed by atoms with E-state index in [9.17, 15) is 10.1 Å². The van der Waals surface area contributed by atoms with Gasteiger partial charge < -0.3 is 19.8 Å². The Morgan fingerprint density at radius 3 is 2.73 bits per heavy atom. The van der Waals surface area contributed by atoms with Crippen molar-refractivity contribution in [1.29, 1.82) is 5.26 Å². The molecule has 0 atom stereocenters. The minimum absolute atomic E-state index is 0.00149. The van der Waals surface area contributed by atoms with Crippen molar-refractivity contribution in [2.45, 2.75) is 13.0 Å². The monoisotopic (exact) mass is 645 g/mol. The van der Waals surface area contributed by atoms with Gasteiger partial charge in [-0.15, -0.1) is 0 Å². The second-order valence-electron chi connectivity index (χ2n) is 8.09. The van der Waals surface area contributed by atoms with Gasteiger partial charge in [-0.3, -0.25) is 4.79 Å². The third-order valence-electron chi connectivity index (χ3n) is 5.67. The second kappa shape index (κ2) is 12.4. The predicted octanol–water partition coefficient (Wildman–Crippen LogP) is 6.93. The lowest BCUT2D eigenvalue weighted by Gasteiger charge is -2.14. The predicted molar refractivity (Wildman–Crippen MR) is 155 cm³/mol. The molecule has 0 unspecified atom stereocenters. The first kappa shape index (κ1) is 26.9. The molecule has 0 aliphatic heterocycles. The number of methoxy groups -OCH3 is 1. The highest BCUT2D eigenvalue weighted by Crippen LogP contribution is 2.36. The van der Waals surface area contributed by atoms with E-state index in [4.69, 9.17) is 32.7 Å². The molecule has 1 aromatic heterocycles. The summed E-state index contributed by atoms with van der Waals surface area (Å²) in [7, 11) is 1.53. The average molecular weight is 646 g/mol. The van der Waals surface area contributed by atoms with Gasteiger partial charge in [-0.1, -0.05) is 47.5 Å². The number of H-pyrrole nitrogens is 1. The van der Waals surface area contributed by atoms with Crippen LogP contribution < -0.4 is 14.8 Å². The largest absolute Gasteiger partial charge is 0.493 e. The molecular formula is C28H22Cl2IN3O3. The molecule has 0 aliphatic rings. The number of para-hydroxylation sites is 1. The number of nitrogens with zero attached hydrogens (tertiary/aromatic N) is 1. The normalized spacial score (nSPS) is 11.3. The number of amides is 1. The van der Waals surface area contributed by atoms with Gasteiger partial charge in [0.15, 0.2) is 11.5 Å². The molecule has 0 saturated heterocycles. The van der Waals surface area contributed by atoms with Crippen molar-refractivity contribution in [2.24, 2.45) is 0 Å². The highest BCUT2D eigenvalue weighted by Gasteiger charge is 2.15. The number of carbonyl (C=O) groups excluding carboxylic acids is 1. The van der Waals surface area contributed by atoms with E-state index in [1.165, 1.54) is 13.2 Å². The number of hydrogen-bond donors (Lipinski definition) is 2. The standard InChI is InChI=1S/C28H22Cl2IN3O3/c1-36-26-12-17(11-24(31)27(26)37-16-19-6-7-21(29)13-23(19)30)10-20(14-32)28(35)33-9-8-18-15-34-25-5-3-2-4-22(18)25/h2-7,10-13,15,34H,8-9,16H2,1H3,(H,33,35)/b20-10-. The molecule has 4 aromatic rings. The molecule has 2 N–H and O–H groups in total. The fourth-order valence-electron chi connectivity index (χ4n) is 3.81. The summed E-state index contributed by atoms with van der Waals surface area (Å²) < 4.78 is 12.3. The molecule has 6 nitrogen and oxygen atoms in total. The summed E-state index contributed by atoms with van der Waals surface area (Å²) in [4.78, 5) is 15.9. The van der Waals surface area contributed by atoms with Gasteiger partial charge in [0.25, 0.3) is 5.91 Å². The van der Waals surface area contributed by atoms with Gasteiger partial charge in [-0.05, 0) is 76.5 Å². The van der Waals surface area contributed by atoms with E-state index in [0.717, 1.165) is 25.6 Å². The molecule has 1 heterocycles. The Kier molecular flexibility index (Phi) is 8.98. The number of halogens is 3. The Morgan fingerprint density at radius 2 is 1.97 bits per heavy atom. The highest BCUT2D eigenvalue weighted by atomic mass is 127. The number of benzene rings is 3. The smallest absolute Gasteiger partial charge is 0.261 e. The number of nitriles is 1. The zero-order valence-electron chi connectivity index (χ0n) is 19.8. The Balaban J connectivity index is 1.44. The maximum Gasteiger partial charge on any atom is 0.261 e. The molecule has 0 radical (unpaired) electrons. The van der Waals surface area contributed by atoms with Gasteiger partial charge in [-0.25, -0.2) is 0 Å². The second-order valence-corrected chi connectivity index (χ2v) is 10.1. The molecule has 0 bridgehead atoms. The zero-order chi connectivity index (χ0) is 26.4. The number of nitrogens with one attached hydrogen (secondary N) is 2. The van der Waals surface area contributed by atoms with Gasteiger partial charge in [0.2, 0.25) is 0 Å². The van der Waals surface area contributed by atoms with Gasteiger partial charge in [0.05, 0.1) is 10.7 Å². The van der Waals surface area contributed by atoms with Crippen LogP contribution in [0.15, 0.2) is 66.4 Å². The van der Waals surface area contributed by atoms with Crippen LogP contribution in [0.4, 0.5) is 0 Å². The van der Waals surface area contributed by atoms with E-state index in [1.807, 2.05) is 42.6 Å². The third kappa shape index (κ3) is 6.58. The van der Waals surface area contributed by atoms with Crippen molar-refractivity contribution in [2.75, 3.05) is 13.7 Å². The molecular weight excluding hydrogens is 624 g/mol. The molecule has 4 rings (SSSR count). The fraction of sp³-hybridized carbons (Fsp3) is 0.143. The molecule has 9 heteroatoms. The molecule has 0 spiro atoms. The molecule has 188 valence electrons. The van der Waals surface area contributed by atoms with Crippen molar-refractivity contribution in [1.82, 2.24) is 10.3 Å². The van der Waals surface area contributed by atoms with Crippen LogP contribution in [0.2, 0.25) is 10.0 Å². The molecule has 37 heavy (non-hydrogen) atoms. The summed E-state index contributed by atoms with van der Waals surface area (Å²) in [5.74, 6) is 0.572. The molecule has 0 saturated carbocycles. The Labute approximate surface area is 238 Å². The van der Waals surface area contributed by atoms with Crippen molar-refractivity contribution < 1.29 is 14.3 Å². The Hall–Kier alpha value is -3.19. The van der Waals surface area contributed by atoms with Gasteiger partial charge >= 0.3 is 0 Å². The summed E-state index contributed by atoms with van der Waals surface area (Å²) >= 11 is 14.3. The molecule has 1 amide bonds. The van der Waals surface area contributed by atoms with E-state index in [0.29, 0.717) is 40.1 Å². The topological polar surface area (TPSA) is 87.1 Å². The molecule has 0 aliphatic carbocycles. The number of hydrogen-bond acceptors (Lipinski definition) is 4. The summed E-state index contributed by atoms with van der Waals surface area (Å²) in [5.41, 5.74) is 3.57.